The Hall–Kier alpha value is -0.380. The molecule has 0 radical (unpaired) electrons. The summed E-state index contributed by atoms with van der Waals surface area (Å²) in [6, 6.07) is 4.39. The minimum Gasteiger partial charge on any atom is -0.316 e. The molecule has 1 aliphatic rings. The van der Waals surface area contributed by atoms with Gasteiger partial charge < -0.3 is 5.32 Å². The highest BCUT2D eigenvalue weighted by Gasteiger charge is 2.15. The van der Waals surface area contributed by atoms with Gasteiger partial charge in [0.25, 0.3) is 0 Å². The van der Waals surface area contributed by atoms with E-state index in [0.29, 0.717) is 0 Å². The molecule has 0 spiro atoms. The van der Waals surface area contributed by atoms with Gasteiger partial charge in [0, 0.05) is 11.4 Å². The molecule has 16 heavy (non-hydrogen) atoms. The number of thiophene rings is 1. The molecule has 3 heteroatoms. The summed E-state index contributed by atoms with van der Waals surface area (Å²) in [5.41, 5.74) is 0. The van der Waals surface area contributed by atoms with E-state index < -0.39 is 0 Å². The van der Waals surface area contributed by atoms with E-state index in [0.717, 1.165) is 19.0 Å². The lowest BCUT2D eigenvalue weighted by Crippen LogP contribution is -2.25. The molecule has 90 valence electrons. The van der Waals surface area contributed by atoms with Crippen LogP contribution in [0.25, 0.3) is 0 Å². The smallest absolute Gasteiger partial charge is 0.0327 e. The van der Waals surface area contributed by atoms with Crippen LogP contribution >= 0.6 is 11.3 Å². The summed E-state index contributed by atoms with van der Waals surface area (Å²) in [5.74, 6) is 0.914. The first-order valence-electron chi connectivity index (χ1n) is 6.34. The predicted molar refractivity (Wildman–Crippen MR) is 70.9 cm³/mol. The van der Waals surface area contributed by atoms with Crippen LogP contribution in [0.2, 0.25) is 0 Å². The van der Waals surface area contributed by atoms with Gasteiger partial charge in [0.1, 0.15) is 0 Å². The summed E-state index contributed by atoms with van der Waals surface area (Å²) in [6.07, 6.45) is 2.72. The molecule has 1 saturated heterocycles. The fourth-order valence-corrected chi connectivity index (χ4v) is 3.04. The van der Waals surface area contributed by atoms with Gasteiger partial charge in [-0.05, 0) is 56.4 Å². The first kappa shape index (κ1) is 12.1. The molecule has 1 N–H and O–H groups in total. The molecule has 1 aromatic rings. The Morgan fingerprint density at radius 3 is 3.12 bits per heavy atom. The Labute approximate surface area is 103 Å². The number of rotatable bonds is 6. The van der Waals surface area contributed by atoms with E-state index in [1.54, 1.807) is 0 Å². The van der Waals surface area contributed by atoms with Crippen LogP contribution in [0.1, 0.15) is 24.6 Å². The van der Waals surface area contributed by atoms with Crippen LogP contribution in [0, 0.1) is 5.92 Å². The largest absolute Gasteiger partial charge is 0.316 e. The van der Waals surface area contributed by atoms with Gasteiger partial charge in [-0.25, -0.2) is 0 Å². The van der Waals surface area contributed by atoms with Crippen LogP contribution in [-0.2, 0) is 6.54 Å². The zero-order valence-electron chi connectivity index (χ0n) is 10.1. The Morgan fingerprint density at radius 1 is 1.56 bits per heavy atom. The second-order valence-corrected chi connectivity index (χ2v) is 5.63. The van der Waals surface area contributed by atoms with Crippen molar-refractivity contribution >= 4 is 11.3 Å². The second-order valence-electron chi connectivity index (χ2n) is 4.60. The highest BCUT2D eigenvalue weighted by atomic mass is 32.1. The van der Waals surface area contributed by atoms with Crippen molar-refractivity contribution in [3.8, 4) is 0 Å². The van der Waals surface area contributed by atoms with Crippen molar-refractivity contribution in [2.45, 2.75) is 26.3 Å². The highest BCUT2D eigenvalue weighted by molar-refractivity contribution is 7.09. The lowest BCUT2D eigenvalue weighted by molar-refractivity contribution is 0.261. The standard InChI is InChI=1S/C13H22N2S/c1-2-15(11-13-4-3-9-16-13)8-6-12-5-7-14-10-12/h3-4,9,12,14H,2,5-8,10-11H2,1H3. The van der Waals surface area contributed by atoms with Crippen LogP contribution in [-0.4, -0.2) is 31.1 Å². The topological polar surface area (TPSA) is 15.3 Å². The molecular formula is C13H22N2S. The molecule has 2 nitrogen and oxygen atoms in total. The first-order valence-corrected chi connectivity index (χ1v) is 7.22. The van der Waals surface area contributed by atoms with E-state index in [1.165, 1.54) is 37.4 Å². The number of hydrogen-bond donors (Lipinski definition) is 1. The molecule has 2 heterocycles. The molecule has 0 bridgehead atoms. The zero-order valence-corrected chi connectivity index (χ0v) is 10.9. The lowest BCUT2D eigenvalue weighted by atomic mass is 10.0. The van der Waals surface area contributed by atoms with Crippen molar-refractivity contribution in [3.63, 3.8) is 0 Å². The van der Waals surface area contributed by atoms with E-state index in [-0.39, 0.29) is 0 Å². The minimum atomic E-state index is 0.914. The van der Waals surface area contributed by atoms with Gasteiger partial charge in [-0.15, -0.1) is 11.3 Å². The normalized spacial score (nSPS) is 20.8. The first-order chi connectivity index (χ1) is 7.88. The molecule has 0 saturated carbocycles. The van der Waals surface area contributed by atoms with E-state index in [1.807, 2.05) is 11.3 Å². The molecule has 1 aliphatic heterocycles. The monoisotopic (exact) mass is 238 g/mol. The van der Waals surface area contributed by atoms with E-state index in [4.69, 9.17) is 0 Å². The fraction of sp³-hybridized carbons (Fsp3) is 0.692. The summed E-state index contributed by atoms with van der Waals surface area (Å²) >= 11 is 1.87. The summed E-state index contributed by atoms with van der Waals surface area (Å²) in [7, 11) is 0. The Kier molecular flexibility index (Phi) is 4.82. The predicted octanol–water partition coefficient (Wildman–Crippen LogP) is 2.57. The summed E-state index contributed by atoms with van der Waals surface area (Å²) < 4.78 is 0. The van der Waals surface area contributed by atoms with Gasteiger partial charge in [0.05, 0.1) is 0 Å². The summed E-state index contributed by atoms with van der Waals surface area (Å²) in [5, 5.41) is 5.61. The maximum absolute atomic E-state index is 3.44. The van der Waals surface area contributed by atoms with E-state index >= 15 is 0 Å². The molecule has 0 amide bonds. The Balaban J connectivity index is 1.72. The average molecular weight is 238 g/mol. The van der Waals surface area contributed by atoms with Gasteiger partial charge in [-0.3, -0.25) is 4.90 Å². The average Bonchev–Trinajstić information content (AvgIpc) is 2.97. The van der Waals surface area contributed by atoms with Crippen molar-refractivity contribution in [2.75, 3.05) is 26.2 Å². The fourth-order valence-electron chi connectivity index (χ4n) is 2.30. The number of nitrogens with zero attached hydrogens (tertiary/aromatic N) is 1. The van der Waals surface area contributed by atoms with Gasteiger partial charge in [-0.2, -0.15) is 0 Å². The van der Waals surface area contributed by atoms with Crippen LogP contribution in [0.15, 0.2) is 17.5 Å². The molecule has 1 aromatic heterocycles. The van der Waals surface area contributed by atoms with E-state index in [2.05, 4.69) is 34.7 Å². The molecule has 1 unspecified atom stereocenters. The molecule has 2 rings (SSSR count). The van der Waals surface area contributed by atoms with Gasteiger partial charge in [0.2, 0.25) is 0 Å². The third-order valence-electron chi connectivity index (χ3n) is 3.42. The molecule has 0 aromatic carbocycles. The van der Waals surface area contributed by atoms with Gasteiger partial charge in [-0.1, -0.05) is 13.0 Å². The number of hydrogen-bond acceptors (Lipinski definition) is 3. The quantitative estimate of drug-likeness (QED) is 0.819. The minimum absolute atomic E-state index is 0.914. The Bertz CT molecular complexity index is 278. The lowest BCUT2D eigenvalue weighted by Gasteiger charge is -2.21. The van der Waals surface area contributed by atoms with E-state index in [9.17, 15) is 0 Å². The molecule has 0 aliphatic carbocycles. The van der Waals surface area contributed by atoms with Crippen molar-refractivity contribution in [1.82, 2.24) is 10.2 Å². The van der Waals surface area contributed by atoms with Crippen LogP contribution < -0.4 is 5.32 Å². The third-order valence-corrected chi connectivity index (χ3v) is 4.28. The van der Waals surface area contributed by atoms with Gasteiger partial charge in [0.15, 0.2) is 0 Å². The molecule has 1 atom stereocenters. The van der Waals surface area contributed by atoms with Crippen molar-refractivity contribution < 1.29 is 0 Å². The van der Waals surface area contributed by atoms with Crippen molar-refractivity contribution in [2.24, 2.45) is 5.92 Å². The molecule has 1 fully saturated rings. The van der Waals surface area contributed by atoms with Crippen LogP contribution in [0.5, 0.6) is 0 Å². The third kappa shape index (κ3) is 3.58. The maximum atomic E-state index is 3.44. The maximum Gasteiger partial charge on any atom is 0.0327 e. The summed E-state index contributed by atoms with van der Waals surface area (Å²) in [6.45, 7) is 8.27. The highest BCUT2D eigenvalue weighted by Crippen LogP contribution is 2.15. The zero-order chi connectivity index (χ0) is 11.2. The second kappa shape index (κ2) is 6.38. The summed E-state index contributed by atoms with van der Waals surface area (Å²) in [4.78, 5) is 4.05. The SMILES string of the molecule is CCN(CCC1CCNC1)Cc1cccs1. The van der Waals surface area contributed by atoms with Crippen molar-refractivity contribution in [1.29, 1.82) is 0 Å². The van der Waals surface area contributed by atoms with Crippen LogP contribution in [0.3, 0.4) is 0 Å². The van der Waals surface area contributed by atoms with Gasteiger partial charge >= 0.3 is 0 Å². The number of nitrogens with one attached hydrogen (secondary N) is 1. The van der Waals surface area contributed by atoms with Crippen LogP contribution in [0.4, 0.5) is 0 Å². The van der Waals surface area contributed by atoms with Crippen molar-refractivity contribution in [3.05, 3.63) is 22.4 Å². The molecular weight excluding hydrogens is 216 g/mol. The Morgan fingerprint density at radius 2 is 2.50 bits per heavy atom.